The number of rotatable bonds is 6. The van der Waals surface area contributed by atoms with Crippen molar-refractivity contribution >= 4 is 50.4 Å². The maximum absolute atomic E-state index is 12.7. The van der Waals surface area contributed by atoms with Crippen molar-refractivity contribution < 1.29 is 4.79 Å². The SMILES string of the molecule is CC(C(=O)N(C)Cc1nc2ccccc2s1)N(C)Cc1ccc(Cl)s1. The molecule has 2 aromatic heterocycles. The van der Waals surface area contributed by atoms with Crippen molar-refractivity contribution in [1.29, 1.82) is 0 Å². The molecule has 1 amide bonds. The third kappa shape index (κ3) is 4.39. The number of aromatic nitrogens is 1. The first kappa shape index (κ1) is 18.3. The van der Waals surface area contributed by atoms with E-state index in [0.29, 0.717) is 13.1 Å². The van der Waals surface area contributed by atoms with Gasteiger partial charge in [0, 0.05) is 18.5 Å². The zero-order valence-corrected chi connectivity index (χ0v) is 16.8. The molecule has 132 valence electrons. The summed E-state index contributed by atoms with van der Waals surface area (Å²) >= 11 is 9.17. The fourth-order valence-corrected chi connectivity index (χ4v) is 4.77. The van der Waals surface area contributed by atoms with Crippen LogP contribution < -0.4 is 0 Å². The number of hydrogen-bond donors (Lipinski definition) is 0. The molecule has 0 aliphatic rings. The number of thiazole rings is 1. The fourth-order valence-electron chi connectivity index (χ4n) is 2.60. The van der Waals surface area contributed by atoms with Gasteiger partial charge in [0.15, 0.2) is 0 Å². The van der Waals surface area contributed by atoms with Gasteiger partial charge >= 0.3 is 0 Å². The van der Waals surface area contributed by atoms with Crippen LogP contribution in [0.15, 0.2) is 36.4 Å². The highest BCUT2D eigenvalue weighted by atomic mass is 35.5. The highest BCUT2D eigenvalue weighted by molar-refractivity contribution is 7.18. The molecule has 0 N–H and O–H groups in total. The highest BCUT2D eigenvalue weighted by Gasteiger charge is 2.23. The minimum absolute atomic E-state index is 0.0874. The van der Waals surface area contributed by atoms with Crippen molar-refractivity contribution in [2.75, 3.05) is 14.1 Å². The monoisotopic (exact) mass is 393 g/mol. The Bertz CT molecular complexity index is 843. The molecule has 1 aromatic carbocycles. The molecule has 0 saturated heterocycles. The first-order chi connectivity index (χ1) is 11.9. The van der Waals surface area contributed by atoms with Gasteiger partial charge in [0.2, 0.25) is 5.91 Å². The average Bonchev–Trinajstić information content (AvgIpc) is 3.18. The number of carbonyl (C=O) groups excluding carboxylic acids is 1. The number of thiophene rings is 1. The van der Waals surface area contributed by atoms with Gasteiger partial charge in [0.1, 0.15) is 5.01 Å². The Kier molecular flexibility index (Phi) is 5.74. The first-order valence-electron chi connectivity index (χ1n) is 7.98. The number of fused-ring (bicyclic) bond motifs is 1. The molecule has 4 nitrogen and oxygen atoms in total. The van der Waals surface area contributed by atoms with E-state index < -0.39 is 0 Å². The molecule has 0 fully saturated rings. The third-order valence-corrected chi connectivity index (χ3v) is 6.38. The number of carbonyl (C=O) groups is 1. The zero-order chi connectivity index (χ0) is 18.0. The molecule has 0 spiro atoms. The minimum Gasteiger partial charge on any atom is -0.338 e. The predicted molar refractivity (Wildman–Crippen MR) is 106 cm³/mol. The van der Waals surface area contributed by atoms with Crippen LogP contribution >= 0.6 is 34.3 Å². The lowest BCUT2D eigenvalue weighted by molar-refractivity contribution is -0.135. The topological polar surface area (TPSA) is 36.4 Å². The number of amides is 1. The van der Waals surface area contributed by atoms with Gasteiger partial charge in [0.05, 0.1) is 27.1 Å². The standard InChI is InChI=1S/C18H20ClN3OS2/c1-12(21(2)10-13-8-9-16(19)24-13)18(23)22(3)11-17-20-14-6-4-5-7-15(14)25-17/h4-9,12H,10-11H2,1-3H3. The van der Waals surface area contributed by atoms with E-state index in [2.05, 4.69) is 11.1 Å². The van der Waals surface area contributed by atoms with Gasteiger partial charge in [-0.1, -0.05) is 23.7 Å². The van der Waals surface area contributed by atoms with Gasteiger partial charge in [-0.3, -0.25) is 9.69 Å². The molecule has 2 heterocycles. The van der Waals surface area contributed by atoms with Crippen molar-refractivity contribution in [2.24, 2.45) is 0 Å². The lowest BCUT2D eigenvalue weighted by Gasteiger charge is -2.27. The minimum atomic E-state index is -0.208. The lowest BCUT2D eigenvalue weighted by atomic mass is 10.2. The van der Waals surface area contributed by atoms with E-state index in [9.17, 15) is 4.79 Å². The van der Waals surface area contributed by atoms with Crippen molar-refractivity contribution in [3.05, 3.63) is 50.6 Å². The van der Waals surface area contributed by atoms with Crippen LogP contribution in [-0.2, 0) is 17.9 Å². The first-order valence-corrected chi connectivity index (χ1v) is 9.99. The Labute approximate surface area is 160 Å². The van der Waals surface area contributed by atoms with Crippen molar-refractivity contribution in [2.45, 2.75) is 26.1 Å². The fraction of sp³-hybridized carbons (Fsp3) is 0.333. The summed E-state index contributed by atoms with van der Waals surface area (Å²) in [5, 5.41) is 0.956. The summed E-state index contributed by atoms with van der Waals surface area (Å²) in [6.07, 6.45) is 0. The second-order valence-electron chi connectivity index (χ2n) is 6.07. The second-order valence-corrected chi connectivity index (χ2v) is 8.98. The van der Waals surface area contributed by atoms with Crippen LogP contribution in [0.25, 0.3) is 10.2 Å². The molecule has 0 saturated carbocycles. The summed E-state index contributed by atoms with van der Waals surface area (Å²) in [6.45, 7) is 3.17. The largest absolute Gasteiger partial charge is 0.338 e. The van der Waals surface area contributed by atoms with E-state index >= 15 is 0 Å². The maximum Gasteiger partial charge on any atom is 0.239 e. The van der Waals surface area contributed by atoms with Gasteiger partial charge in [-0.05, 0) is 38.2 Å². The highest BCUT2D eigenvalue weighted by Crippen LogP contribution is 2.24. The van der Waals surface area contributed by atoms with Gasteiger partial charge in [-0.15, -0.1) is 22.7 Å². The van der Waals surface area contributed by atoms with Crippen LogP contribution in [0.2, 0.25) is 4.34 Å². The number of nitrogens with zero attached hydrogens (tertiary/aromatic N) is 3. The van der Waals surface area contributed by atoms with Crippen LogP contribution in [0.5, 0.6) is 0 Å². The summed E-state index contributed by atoms with van der Waals surface area (Å²) in [5.41, 5.74) is 0.989. The Morgan fingerprint density at radius 3 is 2.60 bits per heavy atom. The molecule has 0 bridgehead atoms. The van der Waals surface area contributed by atoms with Gasteiger partial charge in [-0.25, -0.2) is 4.98 Å². The van der Waals surface area contributed by atoms with Crippen LogP contribution in [0.3, 0.4) is 0 Å². The van der Waals surface area contributed by atoms with E-state index in [1.165, 1.54) is 0 Å². The van der Waals surface area contributed by atoms with Crippen molar-refractivity contribution in [3.63, 3.8) is 0 Å². The lowest BCUT2D eigenvalue weighted by Crippen LogP contribution is -2.43. The van der Waals surface area contributed by atoms with E-state index in [1.807, 2.05) is 56.3 Å². The number of hydrogen-bond acceptors (Lipinski definition) is 5. The second kappa shape index (κ2) is 7.83. The van der Waals surface area contributed by atoms with E-state index in [1.54, 1.807) is 27.6 Å². The number of likely N-dealkylation sites (N-methyl/N-ethyl adjacent to an activating group) is 2. The molecule has 1 unspecified atom stereocenters. The molecule has 1 atom stereocenters. The van der Waals surface area contributed by atoms with Crippen LogP contribution in [0, 0.1) is 0 Å². The zero-order valence-electron chi connectivity index (χ0n) is 14.4. The van der Waals surface area contributed by atoms with E-state index in [0.717, 1.165) is 24.4 Å². The Morgan fingerprint density at radius 1 is 1.16 bits per heavy atom. The predicted octanol–water partition coefficient (Wildman–Crippen LogP) is 4.49. The molecule has 0 aliphatic heterocycles. The maximum atomic E-state index is 12.7. The van der Waals surface area contributed by atoms with Crippen molar-refractivity contribution in [1.82, 2.24) is 14.8 Å². The summed E-state index contributed by atoms with van der Waals surface area (Å²) in [7, 11) is 3.79. The summed E-state index contributed by atoms with van der Waals surface area (Å²) in [4.78, 5) is 22.3. The molecule has 0 radical (unpaired) electrons. The number of halogens is 1. The van der Waals surface area contributed by atoms with Gasteiger partial charge in [0.25, 0.3) is 0 Å². The molecule has 0 aliphatic carbocycles. The average molecular weight is 394 g/mol. The third-order valence-electron chi connectivity index (χ3n) is 4.14. The molecule has 3 aromatic rings. The molecule has 3 rings (SSSR count). The normalized spacial score (nSPS) is 12.7. The van der Waals surface area contributed by atoms with E-state index in [4.69, 9.17) is 11.6 Å². The quantitative estimate of drug-likeness (QED) is 0.619. The van der Waals surface area contributed by atoms with Gasteiger partial charge < -0.3 is 4.90 Å². The Hall–Kier alpha value is -1.47. The van der Waals surface area contributed by atoms with Crippen LogP contribution in [0.1, 0.15) is 16.8 Å². The summed E-state index contributed by atoms with van der Waals surface area (Å²) < 4.78 is 1.92. The number of para-hydroxylation sites is 1. The van der Waals surface area contributed by atoms with Crippen molar-refractivity contribution in [3.8, 4) is 0 Å². The summed E-state index contributed by atoms with van der Waals surface area (Å²) in [6, 6.07) is 11.7. The van der Waals surface area contributed by atoms with Gasteiger partial charge in [-0.2, -0.15) is 0 Å². The number of benzene rings is 1. The molecular weight excluding hydrogens is 374 g/mol. The molecule has 7 heteroatoms. The summed E-state index contributed by atoms with van der Waals surface area (Å²) in [5.74, 6) is 0.0874. The van der Waals surface area contributed by atoms with Crippen LogP contribution in [0.4, 0.5) is 0 Å². The molecule has 25 heavy (non-hydrogen) atoms. The van der Waals surface area contributed by atoms with Crippen LogP contribution in [-0.4, -0.2) is 40.8 Å². The smallest absolute Gasteiger partial charge is 0.239 e. The van der Waals surface area contributed by atoms with E-state index in [-0.39, 0.29) is 11.9 Å². The Morgan fingerprint density at radius 2 is 1.92 bits per heavy atom. The molecular formula is C18H20ClN3OS2. The Balaban J connectivity index is 1.62.